The van der Waals surface area contributed by atoms with E-state index in [0.717, 1.165) is 63.0 Å². The Morgan fingerprint density at radius 3 is 2.59 bits per heavy atom. The fourth-order valence-corrected chi connectivity index (χ4v) is 2.87. The lowest BCUT2D eigenvalue weighted by Crippen LogP contribution is -2.44. The van der Waals surface area contributed by atoms with Crippen LogP contribution in [0, 0.1) is 0 Å². The topological polar surface area (TPSA) is 74.3 Å². The van der Waals surface area contributed by atoms with Crippen LogP contribution in [-0.4, -0.2) is 89.1 Å². The first-order chi connectivity index (χ1) is 13.7. The van der Waals surface area contributed by atoms with Gasteiger partial charge in [-0.2, -0.15) is 0 Å². The Morgan fingerprint density at radius 2 is 1.93 bits per heavy atom. The van der Waals surface area contributed by atoms with Gasteiger partial charge in [-0.25, -0.2) is 9.98 Å². The van der Waals surface area contributed by atoms with Crippen LogP contribution in [0.1, 0.15) is 18.9 Å². The Kier molecular flexibility index (Phi) is 14.0. The first kappa shape index (κ1) is 25.9. The van der Waals surface area contributed by atoms with Gasteiger partial charge in [-0.15, -0.1) is 24.0 Å². The number of aromatic nitrogens is 1. The van der Waals surface area contributed by atoms with Crippen molar-refractivity contribution in [2.24, 2.45) is 4.99 Å². The van der Waals surface area contributed by atoms with Crippen molar-refractivity contribution in [2.45, 2.75) is 19.9 Å². The van der Waals surface area contributed by atoms with Crippen LogP contribution < -0.4 is 15.5 Å². The molecule has 8 nitrogen and oxygen atoms in total. The average molecular weight is 520 g/mol. The van der Waals surface area contributed by atoms with Crippen molar-refractivity contribution in [3.63, 3.8) is 0 Å². The van der Waals surface area contributed by atoms with E-state index in [1.54, 1.807) is 7.11 Å². The molecule has 0 amide bonds. The molecular weight excluding hydrogens is 483 g/mol. The van der Waals surface area contributed by atoms with E-state index in [9.17, 15) is 0 Å². The summed E-state index contributed by atoms with van der Waals surface area (Å²) in [6.45, 7) is 10.6. The predicted octanol–water partition coefficient (Wildman–Crippen LogP) is 1.56. The molecule has 0 radical (unpaired) electrons. The molecule has 0 unspecified atom stereocenters. The Morgan fingerprint density at radius 1 is 1.14 bits per heavy atom. The molecule has 0 saturated carbocycles. The van der Waals surface area contributed by atoms with E-state index in [-0.39, 0.29) is 24.0 Å². The van der Waals surface area contributed by atoms with Crippen molar-refractivity contribution in [3.05, 3.63) is 23.9 Å². The van der Waals surface area contributed by atoms with Gasteiger partial charge in [0.1, 0.15) is 5.82 Å². The van der Waals surface area contributed by atoms with Crippen LogP contribution in [0.15, 0.2) is 23.3 Å². The summed E-state index contributed by atoms with van der Waals surface area (Å²) < 4.78 is 10.4. The Labute approximate surface area is 192 Å². The van der Waals surface area contributed by atoms with E-state index in [4.69, 9.17) is 9.47 Å². The highest BCUT2D eigenvalue weighted by atomic mass is 127. The summed E-state index contributed by atoms with van der Waals surface area (Å²) in [5.74, 6) is 1.88. The number of nitrogens with zero attached hydrogens (tertiary/aromatic N) is 4. The van der Waals surface area contributed by atoms with Gasteiger partial charge in [-0.3, -0.25) is 0 Å². The second-order valence-electron chi connectivity index (χ2n) is 6.90. The molecule has 1 aromatic heterocycles. The fraction of sp³-hybridized carbons (Fsp3) is 0.700. The second kappa shape index (κ2) is 15.6. The van der Waals surface area contributed by atoms with Crippen molar-refractivity contribution in [2.75, 3.05) is 78.1 Å². The Hall–Kier alpha value is -1.17. The smallest absolute Gasteiger partial charge is 0.191 e. The molecule has 1 aliphatic rings. The van der Waals surface area contributed by atoms with Crippen molar-refractivity contribution in [1.29, 1.82) is 0 Å². The lowest BCUT2D eigenvalue weighted by Gasteiger charge is -2.33. The van der Waals surface area contributed by atoms with Gasteiger partial charge >= 0.3 is 0 Å². The molecule has 0 bridgehead atoms. The third-order valence-corrected chi connectivity index (χ3v) is 4.59. The summed E-state index contributed by atoms with van der Waals surface area (Å²) in [5, 5.41) is 6.62. The van der Waals surface area contributed by atoms with E-state index in [0.29, 0.717) is 26.4 Å². The highest BCUT2D eigenvalue weighted by molar-refractivity contribution is 14.0. The van der Waals surface area contributed by atoms with Gasteiger partial charge in [0.15, 0.2) is 5.96 Å². The van der Waals surface area contributed by atoms with Crippen molar-refractivity contribution in [1.82, 2.24) is 20.5 Å². The SMILES string of the molecule is CCNC(=NCc1ccc(N2CCN(C)CC2)nc1)NCCCOCCOC.I. The summed E-state index contributed by atoms with van der Waals surface area (Å²) in [6, 6.07) is 4.23. The maximum atomic E-state index is 5.47. The summed E-state index contributed by atoms with van der Waals surface area (Å²) in [5.41, 5.74) is 1.11. The standard InChI is InChI=1S/C20H36N6O2.HI/c1-4-21-20(22-8-5-13-28-15-14-27-3)24-17-18-6-7-19(23-16-18)26-11-9-25(2)10-12-26;/h6-7,16H,4-5,8-15,17H2,1-3H3,(H2,21,22,24);1H. The van der Waals surface area contributed by atoms with Gasteiger partial charge in [-0.05, 0) is 32.0 Å². The molecule has 1 aliphatic heterocycles. The number of hydrogen-bond acceptors (Lipinski definition) is 6. The second-order valence-corrected chi connectivity index (χ2v) is 6.90. The number of pyridine rings is 1. The number of ether oxygens (including phenoxy) is 2. The molecule has 9 heteroatoms. The number of aliphatic imine (C=N–C) groups is 1. The number of piperazine rings is 1. The molecule has 0 aliphatic carbocycles. The van der Waals surface area contributed by atoms with Crippen LogP contribution in [0.5, 0.6) is 0 Å². The number of halogens is 1. The summed E-state index contributed by atoms with van der Waals surface area (Å²) in [6.07, 6.45) is 2.86. The number of hydrogen-bond donors (Lipinski definition) is 2. The number of guanidine groups is 1. The van der Waals surface area contributed by atoms with E-state index < -0.39 is 0 Å². The molecule has 2 N–H and O–H groups in total. The van der Waals surface area contributed by atoms with E-state index in [2.05, 4.69) is 56.5 Å². The minimum Gasteiger partial charge on any atom is -0.382 e. The lowest BCUT2D eigenvalue weighted by molar-refractivity contribution is 0.0698. The van der Waals surface area contributed by atoms with Crippen LogP contribution in [0.3, 0.4) is 0 Å². The van der Waals surface area contributed by atoms with Gasteiger partial charge in [0.2, 0.25) is 0 Å². The first-order valence-corrected chi connectivity index (χ1v) is 10.2. The van der Waals surface area contributed by atoms with E-state index >= 15 is 0 Å². The average Bonchev–Trinajstić information content (AvgIpc) is 2.72. The third-order valence-electron chi connectivity index (χ3n) is 4.59. The number of rotatable bonds is 11. The maximum Gasteiger partial charge on any atom is 0.191 e. The normalized spacial score (nSPS) is 15.1. The van der Waals surface area contributed by atoms with Crippen LogP contribution in [0.2, 0.25) is 0 Å². The zero-order chi connectivity index (χ0) is 20.0. The zero-order valence-corrected chi connectivity index (χ0v) is 20.4. The van der Waals surface area contributed by atoms with Crippen molar-refractivity contribution >= 4 is 35.8 Å². The van der Waals surface area contributed by atoms with Gasteiger partial charge in [-0.1, -0.05) is 6.07 Å². The summed E-state index contributed by atoms with van der Waals surface area (Å²) in [7, 11) is 3.84. The van der Waals surface area contributed by atoms with Crippen LogP contribution >= 0.6 is 24.0 Å². The van der Waals surface area contributed by atoms with Gasteiger partial charge in [0.05, 0.1) is 19.8 Å². The lowest BCUT2D eigenvalue weighted by atomic mass is 10.2. The molecule has 1 fully saturated rings. The highest BCUT2D eigenvalue weighted by Gasteiger charge is 2.14. The van der Waals surface area contributed by atoms with Gasteiger partial charge < -0.3 is 29.9 Å². The zero-order valence-electron chi connectivity index (χ0n) is 18.0. The highest BCUT2D eigenvalue weighted by Crippen LogP contribution is 2.13. The number of likely N-dealkylation sites (N-methyl/N-ethyl adjacent to an activating group) is 1. The molecule has 166 valence electrons. The molecule has 2 heterocycles. The Bertz CT molecular complexity index is 565. The molecule has 0 spiro atoms. The summed E-state index contributed by atoms with van der Waals surface area (Å²) >= 11 is 0. The van der Waals surface area contributed by atoms with Crippen molar-refractivity contribution in [3.8, 4) is 0 Å². The minimum atomic E-state index is 0. The Balaban J connectivity index is 0.00000420. The number of methoxy groups -OCH3 is 1. The molecule has 1 aromatic rings. The number of anilines is 1. The monoisotopic (exact) mass is 520 g/mol. The largest absolute Gasteiger partial charge is 0.382 e. The number of nitrogens with one attached hydrogen (secondary N) is 2. The predicted molar refractivity (Wildman–Crippen MR) is 129 cm³/mol. The van der Waals surface area contributed by atoms with Crippen molar-refractivity contribution < 1.29 is 9.47 Å². The van der Waals surface area contributed by atoms with Crippen LogP contribution in [0.4, 0.5) is 5.82 Å². The molecule has 0 atom stereocenters. The van der Waals surface area contributed by atoms with Gasteiger partial charge in [0, 0.05) is 59.2 Å². The molecular formula is C20H37IN6O2. The van der Waals surface area contributed by atoms with Crippen LogP contribution in [0.25, 0.3) is 0 Å². The molecule has 1 saturated heterocycles. The third kappa shape index (κ3) is 10.4. The van der Waals surface area contributed by atoms with E-state index in [1.165, 1.54) is 0 Å². The molecule has 29 heavy (non-hydrogen) atoms. The quantitative estimate of drug-likeness (QED) is 0.199. The minimum absolute atomic E-state index is 0. The molecule has 2 rings (SSSR count). The van der Waals surface area contributed by atoms with E-state index in [1.807, 2.05) is 6.20 Å². The molecule has 0 aromatic carbocycles. The maximum absolute atomic E-state index is 5.47. The van der Waals surface area contributed by atoms with Gasteiger partial charge in [0.25, 0.3) is 0 Å². The van der Waals surface area contributed by atoms with Crippen LogP contribution in [-0.2, 0) is 16.0 Å². The first-order valence-electron chi connectivity index (χ1n) is 10.2. The fourth-order valence-electron chi connectivity index (χ4n) is 2.87. The summed E-state index contributed by atoms with van der Waals surface area (Å²) in [4.78, 5) is 14.0.